The molecule has 7 heteroatoms. The van der Waals surface area contributed by atoms with Gasteiger partial charge in [-0.25, -0.2) is 4.98 Å². The van der Waals surface area contributed by atoms with Crippen LogP contribution in [0.2, 0.25) is 0 Å². The lowest BCUT2D eigenvalue weighted by Crippen LogP contribution is -2.17. The summed E-state index contributed by atoms with van der Waals surface area (Å²) in [5.74, 6) is 1.17. The number of benzene rings is 1. The number of aromatic nitrogens is 1. The van der Waals surface area contributed by atoms with Gasteiger partial charge in [-0.05, 0) is 26.0 Å². The molecule has 2 aromatic rings. The maximum Gasteiger partial charge on any atom is 0.252 e. The SMILES string of the molecule is CCOCC(=O)Nc1nc(-c2ccc(OC)cc2OC)c(C)s1. The van der Waals surface area contributed by atoms with Gasteiger partial charge in [0.25, 0.3) is 5.91 Å². The van der Waals surface area contributed by atoms with Gasteiger partial charge in [0, 0.05) is 23.1 Å². The number of hydrogen-bond donors (Lipinski definition) is 1. The number of nitrogens with zero attached hydrogens (tertiary/aromatic N) is 1. The molecule has 0 unspecified atom stereocenters. The summed E-state index contributed by atoms with van der Waals surface area (Å²) in [6, 6.07) is 5.55. The van der Waals surface area contributed by atoms with E-state index in [0.717, 1.165) is 16.1 Å². The van der Waals surface area contributed by atoms with Gasteiger partial charge in [0.15, 0.2) is 5.13 Å². The monoisotopic (exact) mass is 336 g/mol. The molecule has 0 saturated carbocycles. The highest BCUT2D eigenvalue weighted by Gasteiger charge is 2.16. The van der Waals surface area contributed by atoms with Gasteiger partial charge in [-0.15, -0.1) is 11.3 Å². The van der Waals surface area contributed by atoms with Gasteiger partial charge in [0.05, 0.1) is 19.9 Å². The molecule has 0 spiro atoms. The highest BCUT2D eigenvalue weighted by molar-refractivity contribution is 7.16. The Morgan fingerprint density at radius 1 is 1.30 bits per heavy atom. The molecule has 0 aliphatic rings. The zero-order chi connectivity index (χ0) is 16.8. The number of thiazole rings is 1. The highest BCUT2D eigenvalue weighted by Crippen LogP contribution is 2.37. The predicted octanol–water partition coefficient (Wildman–Crippen LogP) is 3.11. The standard InChI is InChI=1S/C16H20N2O4S/c1-5-22-9-14(19)17-16-18-15(10(2)23-16)12-7-6-11(20-3)8-13(12)21-4/h6-8H,5,9H2,1-4H3,(H,17,18,19). The predicted molar refractivity (Wildman–Crippen MR) is 90.5 cm³/mol. The quantitative estimate of drug-likeness (QED) is 0.841. The van der Waals surface area contributed by atoms with E-state index in [2.05, 4.69) is 10.3 Å². The van der Waals surface area contributed by atoms with Crippen molar-refractivity contribution in [2.75, 3.05) is 32.8 Å². The van der Waals surface area contributed by atoms with E-state index >= 15 is 0 Å². The molecule has 1 aromatic carbocycles. The van der Waals surface area contributed by atoms with Crippen molar-refractivity contribution in [2.24, 2.45) is 0 Å². The number of aryl methyl sites for hydroxylation is 1. The second-order valence-electron chi connectivity index (χ2n) is 4.68. The van der Waals surface area contributed by atoms with Crippen molar-refractivity contribution in [3.8, 4) is 22.8 Å². The van der Waals surface area contributed by atoms with Crippen LogP contribution in [0.3, 0.4) is 0 Å². The van der Waals surface area contributed by atoms with Crippen molar-refractivity contribution in [1.82, 2.24) is 4.98 Å². The molecule has 0 aliphatic carbocycles. The molecule has 6 nitrogen and oxygen atoms in total. The second-order valence-corrected chi connectivity index (χ2v) is 5.88. The Hall–Kier alpha value is -2.12. The summed E-state index contributed by atoms with van der Waals surface area (Å²) in [6.45, 7) is 4.32. The topological polar surface area (TPSA) is 69.7 Å². The lowest BCUT2D eigenvalue weighted by atomic mass is 10.1. The van der Waals surface area contributed by atoms with Gasteiger partial charge in [-0.3, -0.25) is 10.1 Å². The minimum absolute atomic E-state index is 0.0241. The van der Waals surface area contributed by atoms with Crippen LogP contribution in [0.4, 0.5) is 5.13 Å². The van der Waals surface area contributed by atoms with E-state index in [0.29, 0.717) is 23.2 Å². The van der Waals surface area contributed by atoms with Crippen molar-refractivity contribution in [1.29, 1.82) is 0 Å². The Kier molecular flexibility index (Phi) is 5.95. The summed E-state index contributed by atoms with van der Waals surface area (Å²) in [5, 5.41) is 3.29. The number of carbonyl (C=O) groups excluding carboxylic acids is 1. The number of anilines is 1. The van der Waals surface area contributed by atoms with E-state index in [1.807, 2.05) is 32.0 Å². The maximum atomic E-state index is 11.7. The van der Waals surface area contributed by atoms with Crippen molar-refractivity contribution in [3.05, 3.63) is 23.1 Å². The molecule has 124 valence electrons. The van der Waals surface area contributed by atoms with Gasteiger partial charge < -0.3 is 14.2 Å². The molecule has 1 heterocycles. The van der Waals surface area contributed by atoms with Gasteiger partial charge in [-0.1, -0.05) is 0 Å². The third-order valence-corrected chi connectivity index (χ3v) is 4.03. The van der Waals surface area contributed by atoms with Crippen LogP contribution in [0.15, 0.2) is 18.2 Å². The highest BCUT2D eigenvalue weighted by atomic mass is 32.1. The van der Waals surface area contributed by atoms with E-state index in [9.17, 15) is 4.79 Å². The van der Waals surface area contributed by atoms with E-state index in [-0.39, 0.29) is 12.5 Å². The van der Waals surface area contributed by atoms with Gasteiger partial charge in [0.2, 0.25) is 0 Å². The average molecular weight is 336 g/mol. The minimum Gasteiger partial charge on any atom is -0.497 e. The molecular formula is C16H20N2O4S. The van der Waals surface area contributed by atoms with Crippen molar-refractivity contribution in [3.63, 3.8) is 0 Å². The first kappa shape index (κ1) is 17.2. The average Bonchev–Trinajstić information content (AvgIpc) is 2.92. The third kappa shape index (κ3) is 4.20. The molecule has 1 aromatic heterocycles. The first-order valence-electron chi connectivity index (χ1n) is 7.16. The Labute approximate surface area is 139 Å². The fraction of sp³-hybridized carbons (Fsp3) is 0.375. The molecule has 0 saturated heterocycles. The van der Waals surface area contributed by atoms with Crippen LogP contribution in [0.25, 0.3) is 11.3 Å². The number of rotatable bonds is 7. The normalized spacial score (nSPS) is 10.4. The summed E-state index contributed by atoms with van der Waals surface area (Å²) in [4.78, 5) is 17.2. The first-order chi connectivity index (χ1) is 11.1. The van der Waals surface area contributed by atoms with Crippen molar-refractivity contribution < 1.29 is 19.0 Å². The molecule has 2 rings (SSSR count). The Bertz CT molecular complexity index is 685. The Morgan fingerprint density at radius 3 is 2.74 bits per heavy atom. The number of hydrogen-bond acceptors (Lipinski definition) is 6. The maximum absolute atomic E-state index is 11.7. The molecule has 0 radical (unpaired) electrons. The van der Waals surface area contributed by atoms with E-state index in [1.54, 1.807) is 14.2 Å². The number of amides is 1. The smallest absolute Gasteiger partial charge is 0.252 e. The fourth-order valence-electron chi connectivity index (χ4n) is 2.04. The fourth-order valence-corrected chi connectivity index (χ4v) is 2.89. The van der Waals surface area contributed by atoms with Crippen LogP contribution in [-0.2, 0) is 9.53 Å². The summed E-state index contributed by atoms with van der Waals surface area (Å²) >= 11 is 1.41. The van der Waals surface area contributed by atoms with Crippen LogP contribution in [0.1, 0.15) is 11.8 Å². The largest absolute Gasteiger partial charge is 0.497 e. The molecular weight excluding hydrogens is 316 g/mol. The molecule has 1 amide bonds. The lowest BCUT2D eigenvalue weighted by molar-refractivity contribution is -0.120. The summed E-state index contributed by atoms with van der Waals surface area (Å²) < 4.78 is 15.7. The van der Waals surface area contributed by atoms with E-state index < -0.39 is 0 Å². The van der Waals surface area contributed by atoms with Gasteiger partial charge in [-0.2, -0.15) is 0 Å². The van der Waals surface area contributed by atoms with Crippen LogP contribution in [0.5, 0.6) is 11.5 Å². The number of methoxy groups -OCH3 is 2. The zero-order valence-corrected chi connectivity index (χ0v) is 14.5. The molecule has 0 fully saturated rings. The molecule has 0 aliphatic heterocycles. The third-order valence-electron chi connectivity index (χ3n) is 3.14. The summed E-state index contributed by atoms with van der Waals surface area (Å²) in [5.41, 5.74) is 1.63. The number of nitrogens with one attached hydrogen (secondary N) is 1. The van der Waals surface area contributed by atoms with Crippen LogP contribution >= 0.6 is 11.3 Å². The van der Waals surface area contributed by atoms with Gasteiger partial charge >= 0.3 is 0 Å². The number of carbonyl (C=O) groups is 1. The van der Waals surface area contributed by atoms with Crippen LogP contribution in [0, 0.1) is 6.92 Å². The Morgan fingerprint density at radius 2 is 2.09 bits per heavy atom. The van der Waals surface area contributed by atoms with Crippen molar-refractivity contribution in [2.45, 2.75) is 13.8 Å². The van der Waals surface area contributed by atoms with Crippen molar-refractivity contribution >= 4 is 22.4 Å². The summed E-state index contributed by atoms with van der Waals surface area (Å²) in [6.07, 6.45) is 0. The molecule has 0 atom stereocenters. The molecule has 0 bridgehead atoms. The van der Waals surface area contributed by atoms with Crippen LogP contribution in [-0.4, -0.2) is 38.3 Å². The summed E-state index contributed by atoms with van der Waals surface area (Å²) in [7, 11) is 3.21. The Balaban J connectivity index is 2.26. The minimum atomic E-state index is -0.214. The lowest BCUT2D eigenvalue weighted by Gasteiger charge is -2.09. The van der Waals surface area contributed by atoms with E-state index in [4.69, 9.17) is 14.2 Å². The van der Waals surface area contributed by atoms with E-state index in [1.165, 1.54) is 11.3 Å². The molecule has 1 N–H and O–H groups in total. The number of ether oxygens (including phenoxy) is 3. The van der Waals surface area contributed by atoms with Gasteiger partial charge in [0.1, 0.15) is 18.1 Å². The zero-order valence-electron chi connectivity index (χ0n) is 13.6. The second kappa shape index (κ2) is 7.94. The molecule has 23 heavy (non-hydrogen) atoms. The first-order valence-corrected chi connectivity index (χ1v) is 7.98. The van der Waals surface area contributed by atoms with Crippen LogP contribution < -0.4 is 14.8 Å².